The number of aromatic amines is 1. The molecule has 0 aliphatic carbocycles. The van der Waals surface area contributed by atoms with Gasteiger partial charge >= 0.3 is 7.60 Å². The molecule has 2 rings (SSSR count). The average Bonchev–Trinajstić information content (AvgIpc) is 3.03. The SMILES string of the molecule is CCOP(=O)(OCC)C(NCc1ccccc1)c1cn[nH]c1. The normalized spacial score (nSPS) is 13.2. The van der Waals surface area contributed by atoms with E-state index < -0.39 is 13.4 Å². The number of aromatic nitrogens is 2. The molecule has 0 aliphatic heterocycles. The molecular weight excluding hydrogens is 301 g/mol. The summed E-state index contributed by atoms with van der Waals surface area (Å²) < 4.78 is 24.0. The summed E-state index contributed by atoms with van der Waals surface area (Å²) >= 11 is 0. The Labute approximate surface area is 130 Å². The van der Waals surface area contributed by atoms with Crippen LogP contribution in [0, 0.1) is 0 Å². The van der Waals surface area contributed by atoms with Gasteiger partial charge in [-0.3, -0.25) is 15.0 Å². The predicted octanol–water partition coefficient (Wildman–Crippen LogP) is 3.46. The van der Waals surface area contributed by atoms with Gasteiger partial charge in [0.05, 0.1) is 19.4 Å². The topological polar surface area (TPSA) is 76.2 Å². The number of hydrogen-bond acceptors (Lipinski definition) is 5. The van der Waals surface area contributed by atoms with E-state index in [1.54, 1.807) is 26.2 Å². The second-order valence-corrected chi connectivity index (χ2v) is 6.79. The van der Waals surface area contributed by atoms with Crippen molar-refractivity contribution in [2.75, 3.05) is 13.2 Å². The molecule has 0 spiro atoms. The van der Waals surface area contributed by atoms with Crippen LogP contribution in [0.4, 0.5) is 0 Å². The Bertz CT molecular complexity index is 579. The molecule has 1 unspecified atom stereocenters. The van der Waals surface area contributed by atoms with E-state index in [4.69, 9.17) is 9.05 Å². The highest BCUT2D eigenvalue weighted by atomic mass is 31.2. The van der Waals surface area contributed by atoms with E-state index in [-0.39, 0.29) is 0 Å². The zero-order valence-electron chi connectivity index (χ0n) is 12.9. The van der Waals surface area contributed by atoms with Crippen molar-refractivity contribution in [2.24, 2.45) is 0 Å². The van der Waals surface area contributed by atoms with Crippen molar-refractivity contribution in [2.45, 2.75) is 26.2 Å². The molecule has 2 aromatic rings. The number of nitrogens with one attached hydrogen (secondary N) is 2. The lowest BCUT2D eigenvalue weighted by Crippen LogP contribution is -2.23. The molecule has 1 aromatic heterocycles. The Hall–Kier alpha value is -1.46. The van der Waals surface area contributed by atoms with Crippen LogP contribution in [0.1, 0.15) is 30.8 Å². The van der Waals surface area contributed by atoms with Crippen molar-refractivity contribution in [1.29, 1.82) is 0 Å². The Morgan fingerprint density at radius 3 is 2.45 bits per heavy atom. The summed E-state index contributed by atoms with van der Waals surface area (Å²) in [6.07, 6.45) is 3.33. The molecule has 0 bridgehead atoms. The van der Waals surface area contributed by atoms with Crippen molar-refractivity contribution in [1.82, 2.24) is 15.5 Å². The molecule has 0 saturated carbocycles. The number of nitrogens with zero attached hydrogens (tertiary/aromatic N) is 1. The fraction of sp³-hybridized carbons (Fsp3) is 0.400. The number of rotatable bonds is 9. The zero-order chi connectivity index (χ0) is 15.8. The van der Waals surface area contributed by atoms with E-state index in [1.165, 1.54) is 0 Å². The Morgan fingerprint density at radius 1 is 1.23 bits per heavy atom. The molecule has 0 radical (unpaired) electrons. The van der Waals surface area contributed by atoms with E-state index in [2.05, 4.69) is 15.5 Å². The molecule has 0 aliphatic rings. The molecule has 2 N–H and O–H groups in total. The lowest BCUT2D eigenvalue weighted by molar-refractivity contribution is 0.207. The molecule has 120 valence electrons. The molecule has 0 amide bonds. The van der Waals surface area contributed by atoms with Gasteiger partial charge in [0.2, 0.25) is 0 Å². The molecule has 1 atom stereocenters. The summed E-state index contributed by atoms with van der Waals surface area (Å²) in [4.78, 5) is 0. The number of hydrogen-bond donors (Lipinski definition) is 2. The van der Waals surface area contributed by atoms with Gasteiger partial charge in [-0.15, -0.1) is 0 Å². The van der Waals surface area contributed by atoms with E-state index in [0.717, 1.165) is 11.1 Å². The van der Waals surface area contributed by atoms with Crippen LogP contribution >= 0.6 is 7.60 Å². The Balaban J connectivity index is 2.20. The first-order valence-electron chi connectivity index (χ1n) is 7.34. The van der Waals surface area contributed by atoms with Crippen molar-refractivity contribution >= 4 is 7.60 Å². The summed E-state index contributed by atoms with van der Waals surface area (Å²) in [6, 6.07) is 9.91. The Kier molecular flexibility index (Phi) is 6.34. The Morgan fingerprint density at radius 2 is 1.91 bits per heavy atom. The lowest BCUT2D eigenvalue weighted by Gasteiger charge is -2.26. The van der Waals surface area contributed by atoms with Gasteiger partial charge < -0.3 is 9.05 Å². The summed E-state index contributed by atoms with van der Waals surface area (Å²) in [5.74, 6) is -0.564. The molecule has 6 nitrogen and oxygen atoms in total. The second-order valence-electron chi connectivity index (χ2n) is 4.68. The summed E-state index contributed by atoms with van der Waals surface area (Å²) in [5.41, 5.74) is 1.84. The van der Waals surface area contributed by atoms with Crippen molar-refractivity contribution < 1.29 is 13.6 Å². The average molecular weight is 323 g/mol. The van der Waals surface area contributed by atoms with Gasteiger partial charge in [-0.1, -0.05) is 30.3 Å². The van der Waals surface area contributed by atoms with Crippen LogP contribution in [0.3, 0.4) is 0 Å². The van der Waals surface area contributed by atoms with Gasteiger partial charge in [0.15, 0.2) is 0 Å². The van der Waals surface area contributed by atoms with Crippen LogP contribution in [-0.2, 0) is 20.2 Å². The molecule has 0 saturated heterocycles. The third-order valence-corrected chi connectivity index (χ3v) is 5.46. The zero-order valence-corrected chi connectivity index (χ0v) is 13.8. The van der Waals surface area contributed by atoms with E-state index in [1.807, 2.05) is 30.3 Å². The highest BCUT2D eigenvalue weighted by molar-refractivity contribution is 7.54. The van der Waals surface area contributed by atoms with Gasteiger partial charge in [0.1, 0.15) is 5.78 Å². The largest absolute Gasteiger partial charge is 0.352 e. The smallest absolute Gasteiger partial charge is 0.308 e. The first kappa shape index (κ1) is 16.9. The molecule has 1 heterocycles. The molecular formula is C15H22N3O3P. The maximum Gasteiger partial charge on any atom is 0.352 e. The minimum absolute atomic E-state index is 0.318. The quantitative estimate of drug-likeness (QED) is 0.691. The van der Waals surface area contributed by atoms with Crippen LogP contribution in [0.25, 0.3) is 0 Å². The molecule has 0 fully saturated rings. The van der Waals surface area contributed by atoms with Crippen LogP contribution in [0.5, 0.6) is 0 Å². The second kappa shape index (κ2) is 8.25. The minimum Gasteiger partial charge on any atom is -0.308 e. The van der Waals surface area contributed by atoms with Gasteiger partial charge in [0, 0.05) is 18.3 Å². The van der Waals surface area contributed by atoms with Gasteiger partial charge in [-0.2, -0.15) is 5.10 Å². The maximum absolute atomic E-state index is 13.1. The minimum atomic E-state index is -3.33. The summed E-state index contributed by atoms with van der Waals surface area (Å²) in [6.45, 7) is 4.79. The van der Waals surface area contributed by atoms with Crippen LogP contribution in [-0.4, -0.2) is 23.4 Å². The van der Waals surface area contributed by atoms with E-state index >= 15 is 0 Å². The van der Waals surface area contributed by atoms with Crippen molar-refractivity contribution in [3.8, 4) is 0 Å². The van der Waals surface area contributed by atoms with E-state index in [9.17, 15) is 4.57 Å². The standard InChI is InChI=1S/C15H22N3O3P/c1-3-20-22(19,21-4-2)15(14-11-17-18-12-14)16-10-13-8-6-5-7-9-13/h5-9,11-12,15-16H,3-4,10H2,1-2H3,(H,17,18). The lowest BCUT2D eigenvalue weighted by atomic mass is 10.2. The van der Waals surface area contributed by atoms with Crippen LogP contribution in [0.2, 0.25) is 0 Å². The third-order valence-electron chi connectivity index (χ3n) is 3.11. The summed E-state index contributed by atoms with van der Waals surface area (Å²) in [5, 5.41) is 9.95. The van der Waals surface area contributed by atoms with Gasteiger partial charge in [-0.05, 0) is 19.4 Å². The van der Waals surface area contributed by atoms with Crippen molar-refractivity contribution in [3.05, 3.63) is 53.9 Å². The maximum atomic E-state index is 13.1. The van der Waals surface area contributed by atoms with Crippen molar-refractivity contribution in [3.63, 3.8) is 0 Å². The fourth-order valence-electron chi connectivity index (χ4n) is 2.18. The molecule has 1 aromatic carbocycles. The van der Waals surface area contributed by atoms with Gasteiger partial charge in [0.25, 0.3) is 0 Å². The molecule has 7 heteroatoms. The van der Waals surface area contributed by atoms with Crippen LogP contribution in [0.15, 0.2) is 42.7 Å². The number of benzene rings is 1. The number of H-pyrrole nitrogens is 1. The summed E-state index contributed by atoms with van der Waals surface area (Å²) in [7, 11) is -3.33. The first-order chi connectivity index (χ1) is 10.7. The third kappa shape index (κ3) is 4.27. The fourth-order valence-corrected chi connectivity index (χ4v) is 4.09. The van der Waals surface area contributed by atoms with E-state index in [0.29, 0.717) is 19.8 Å². The first-order valence-corrected chi connectivity index (χ1v) is 8.95. The van der Waals surface area contributed by atoms with Gasteiger partial charge in [-0.25, -0.2) is 0 Å². The predicted molar refractivity (Wildman–Crippen MR) is 85.5 cm³/mol. The highest BCUT2D eigenvalue weighted by Gasteiger charge is 2.37. The highest BCUT2D eigenvalue weighted by Crippen LogP contribution is 2.59. The van der Waals surface area contributed by atoms with Crippen LogP contribution < -0.4 is 5.32 Å². The molecule has 22 heavy (non-hydrogen) atoms. The monoisotopic (exact) mass is 323 g/mol.